The van der Waals surface area contributed by atoms with Gasteiger partial charge in [-0.3, -0.25) is 4.79 Å². The summed E-state index contributed by atoms with van der Waals surface area (Å²) < 4.78 is 1.95. The summed E-state index contributed by atoms with van der Waals surface area (Å²) in [7, 11) is 3.85. The molecule has 0 atom stereocenters. The van der Waals surface area contributed by atoms with Crippen molar-refractivity contribution in [3.63, 3.8) is 0 Å². The van der Waals surface area contributed by atoms with Gasteiger partial charge in [0.05, 0.1) is 17.1 Å². The number of carbonyl (C=O) groups excluding carboxylic acids is 1. The Labute approximate surface area is 111 Å². The maximum Gasteiger partial charge on any atom is 0.153 e. The molecule has 0 aliphatic rings. The molecule has 0 N–H and O–H groups in total. The summed E-state index contributed by atoms with van der Waals surface area (Å²) in [5.41, 5.74) is 1.32. The first-order chi connectivity index (χ1) is 8.63. The molecule has 4 nitrogen and oxygen atoms in total. The summed E-state index contributed by atoms with van der Waals surface area (Å²) in [5, 5.41) is 0.467. The molecule has 5 heteroatoms. The molecule has 0 fully saturated rings. The van der Waals surface area contributed by atoms with Crippen molar-refractivity contribution in [2.75, 3.05) is 11.9 Å². The summed E-state index contributed by atoms with van der Waals surface area (Å²) in [5.74, 6) is 0.925. The van der Waals surface area contributed by atoms with Crippen molar-refractivity contribution >= 4 is 23.6 Å². The van der Waals surface area contributed by atoms with E-state index in [1.54, 1.807) is 12.3 Å². The van der Waals surface area contributed by atoms with Gasteiger partial charge in [-0.25, -0.2) is 4.98 Å². The van der Waals surface area contributed by atoms with Gasteiger partial charge >= 0.3 is 0 Å². The van der Waals surface area contributed by atoms with Gasteiger partial charge in [0.1, 0.15) is 5.82 Å². The van der Waals surface area contributed by atoms with Crippen molar-refractivity contribution in [2.24, 2.45) is 7.05 Å². The predicted molar refractivity (Wildman–Crippen MR) is 72.2 cm³/mol. The van der Waals surface area contributed by atoms with E-state index in [-0.39, 0.29) is 0 Å². The van der Waals surface area contributed by atoms with E-state index in [4.69, 9.17) is 11.6 Å². The smallest absolute Gasteiger partial charge is 0.153 e. The lowest BCUT2D eigenvalue weighted by atomic mass is 10.2. The molecule has 0 spiro atoms. The van der Waals surface area contributed by atoms with E-state index in [9.17, 15) is 4.79 Å². The van der Waals surface area contributed by atoms with Crippen molar-refractivity contribution in [1.29, 1.82) is 0 Å². The lowest BCUT2D eigenvalue weighted by molar-refractivity contribution is 0.112. The van der Waals surface area contributed by atoms with Crippen LogP contribution < -0.4 is 4.90 Å². The second-order valence-corrected chi connectivity index (χ2v) is 4.51. The lowest BCUT2D eigenvalue weighted by Crippen LogP contribution is -2.20. The maximum absolute atomic E-state index is 11.1. The van der Waals surface area contributed by atoms with Crippen LogP contribution in [0.15, 0.2) is 30.6 Å². The van der Waals surface area contributed by atoms with E-state index in [1.807, 2.05) is 41.9 Å². The fraction of sp³-hybridized carbons (Fsp3) is 0.231. The highest BCUT2D eigenvalue weighted by Crippen LogP contribution is 2.25. The van der Waals surface area contributed by atoms with Crippen molar-refractivity contribution in [2.45, 2.75) is 6.54 Å². The molecule has 0 unspecified atom stereocenters. The normalized spacial score (nSPS) is 10.4. The Bertz CT molecular complexity index is 565. The third-order valence-electron chi connectivity index (χ3n) is 2.86. The van der Waals surface area contributed by atoms with E-state index in [0.717, 1.165) is 17.8 Å². The number of nitrogens with zero attached hydrogens (tertiary/aromatic N) is 3. The Morgan fingerprint density at radius 2 is 2.28 bits per heavy atom. The van der Waals surface area contributed by atoms with Gasteiger partial charge in [0.2, 0.25) is 0 Å². The molecule has 0 aliphatic carbocycles. The minimum atomic E-state index is 0.467. The summed E-state index contributed by atoms with van der Waals surface area (Å²) in [6, 6.07) is 5.42. The van der Waals surface area contributed by atoms with E-state index < -0.39 is 0 Å². The number of aromatic nitrogens is 2. The van der Waals surface area contributed by atoms with Gasteiger partial charge in [0, 0.05) is 32.2 Å². The quantitative estimate of drug-likeness (QED) is 0.796. The molecule has 18 heavy (non-hydrogen) atoms. The van der Waals surface area contributed by atoms with Crippen LogP contribution in [0.25, 0.3) is 0 Å². The fourth-order valence-corrected chi connectivity index (χ4v) is 2.04. The largest absolute Gasteiger partial charge is 0.366 e. The molecule has 0 bridgehead atoms. The summed E-state index contributed by atoms with van der Waals surface area (Å²) in [6.07, 6.45) is 4.43. The molecule has 0 saturated heterocycles. The summed E-state index contributed by atoms with van der Waals surface area (Å²) in [4.78, 5) is 17.3. The van der Waals surface area contributed by atoms with Crippen LogP contribution in [0.1, 0.15) is 16.2 Å². The van der Waals surface area contributed by atoms with Crippen LogP contribution >= 0.6 is 11.6 Å². The summed E-state index contributed by atoms with van der Waals surface area (Å²) in [6.45, 7) is 0.616. The van der Waals surface area contributed by atoms with Crippen LogP contribution in [0.4, 0.5) is 5.69 Å². The molecular formula is C13H14ClN3O. The molecule has 1 heterocycles. The zero-order chi connectivity index (χ0) is 13.1. The number of halogens is 1. The van der Waals surface area contributed by atoms with E-state index in [1.165, 1.54) is 0 Å². The Morgan fingerprint density at radius 1 is 1.50 bits per heavy atom. The Balaban J connectivity index is 2.29. The number of imidazole rings is 1. The van der Waals surface area contributed by atoms with Crippen molar-refractivity contribution in [1.82, 2.24) is 9.55 Å². The molecule has 1 aromatic carbocycles. The number of carbonyl (C=O) groups is 1. The average molecular weight is 264 g/mol. The molecule has 0 amide bonds. The van der Waals surface area contributed by atoms with E-state index in [0.29, 0.717) is 17.1 Å². The Morgan fingerprint density at radius 3 is 2.89 bits per heavy atom. The van der Waals surface area contributed by atoms with Crippen LogP contribution in [0.2, 0.25) is 5.02 Å². The second-order valence-electron chi connectivity index (χ2n) is 4.10. The van der Waals surface area contributed by atoms with Crippen molar-refractivity contribution in [3.8, 4) is 0 Å². The first-order valence-corrected chi connectivity index (χ1v) is 5.92. The number of hydrogen-bond donors (Lipinski definition) is 0. The molecule has 2 rings (SSSR count). The topological polar surface area (TPSA) is 38.1 Å². The Hall–Kier alpha value is -1.81. The van der Waals surface area contributed by atoms with Gasteiger partial charge < -0.3 is 9.47 Å². The Kier molecular flexibility index (Phi) is 3.67. The number of benzene rings is 1. The van der Waals surface area contributed by atoms with Crippen molar-refractivity contribution < 1.29 is 4.79 Å². The van der Waals surface area contributed by atoms with Gasteiger partial charge in [0.25, 0.3) is 0 Å². The highest BCUT2D eigenvalue weighted by atomic mass is 35.5. The first kappa shape index (κ1) is 12.6. The van der Waals surface area contributed by atoms with Gasteiger partial charge in [0.15, 0.2) is 6.29 Å². The average Bonchev–Trinajstić information content (AvgIpc) is 2.74. The van der Waals surface area contributed by atoms with Crippen LogP contribution in [-0.4, -0.2) is 22.9 Å². The second kappa shape index (κ2) is 5.23. The van der Waals surface area contributed by atoms with E-state index in [2.05, 4.69) is 4.98 Å². The number of aryl methyl sites for hydroxylation is 1. The third kappa shape index (κ3) is 2.38. The molecule has 0 saturated carbocycles. The highest BCUT2D eigenvalue weighted by Gasteiger charge is 2.12. The zero-order valence-corrected chi connectivity index (χ0v) is 11.1. The molecule has 0 radical (unpaired) electrons. The van der Waals surface area contributed by atoms with Gasteiger partial charge in [-0.05, 0) is 12.1 Å². The van der Waals surface area contributed by atoms with Crippen LogP contribution in [0.5, 0.6) is 0 Å². The van der Waals surface area contributed by atoms with Crippen LogP contribution in [-0.2, 0) is 13.6 Å². The number of anilines is 1. The highest BCUT2D eigenvalue weighted by molar-refractivity contribution is 6.33. The molecule has 0 aliphatic heterocycles. The third-order valence-corrected chi connectivity index (χ3v) is 3.19. The van der Waals surface area contributed by atoms with Crippen LogP contribution in [0.3, 0.4) is 0 Å². The van der Waals surface area contributed by atoms with Gasteiger partial charge in [-0.1, -0.05) is 17.7 Å². The predicted octanol–water partition coefficient (Wildman–Crippen LogP) is 2.52. The van der Waals surface area contributed by atoms with Crippen molar-refractivity contribution in [3.05, 3.63) is 47.0 Å². The van der Waals surface area contributed by atoms with Gasteiger partial charge in [-0.15, -0.1) is 0 Å². The lowest BCUT2D eigenvalue weighted by Gasteiger charge is -2.21. The SMILES string of the molecule is CN(Cc1nccn1C)c1cccc(Cl)c1C=O. The number of hydrogen-bond acceptors (Lipinski definition) is 3. The minimum Gasteiger partial charge on any atom is -0.366 e. The van der Waals surface area contributed by atoms with Gasteiger partial charge in [-0.2, -0.15) is 0 Å². The number of aldehydes is 1. The van der Waals surface area contributed by atoms with Crippen LogP contribution in [0, 0.1) is 0 Å². The minimum absolute atomic E-state index is 0.467. The molecular weight excluding hydrogens is 250 g/mol. The monoisotopic (exact) mass is 263 g/mol. The first-order valence-electron chi connectivity index (χ1n) is 5.54. The number of rotatable bonds is 4. The standard InChI is InChI=1S/C13H14ClN3O/c1-16-7-6-15-13(16)8-17(2)12-5-3-4-11(14)10(12)9-18/h3-7,9H,8H2,1-2H3. The maximum atomic E-state index is 11.1. The zero-order valence-electron chi connectivity index (χ0n) is 10.3. The van der Waals surface area contributed by atoms with E-state index >= 15 is 0 Å². The molecule has 2 aromatic rings. The fourth-order valence-electron chi connectivity index (χ4n) is 1.82. The molecule has 94 valence electrons. The molecule has 1 aromatic heterocycles. The summed E-state index contributed by atoms with van der Waals surface area (Å²) >= 11 is 6.01.